The van der Waals surface area contributed by atoms with Gasteiger partial charge in [0.25, 0.3) is 0 Å². The lowest BCUT2D eigenvalue weighted by Gasteiger charge is -2.14. The molecule has 0 aliphatic heterocycles. The molecule has 6 heteroatoms. The molecule has 0 bridgehead atoms. The van der Waals surface area contributed by atoms with Crippen molar-refractivity contribution in [3.8, 4) is 6.07 Å². The van der Waals surface area contributed by atoms with Crippen molar-refractivity contribution in [1.82, 2.24) is 4.72 Å². The Bertz CT molecular complexity index is 557. The number of benzene rings is 1. The van der Waals surface area contributed by atoms with Gasteiger partial charge in [-0.1, -0.05) is 6.92 Å². The Labute approximate surface area is 107 Å². The highest BCUT2D eigenvalue weighted by Crippen LogP contribution is 2.15. The maximum absolute atomic E-state index is 12.0. The fourth-order valence-corrected chi connectivity index (χ4v) is 2.86. The van der Waals surface area contributed by atoms with Crippen LogP contribution in [0.1, 0.15) is 24.5 Å². The Hall–Kier alpha value is -1.42. The molecule has 1 rings (SSSR count). The lowest BCUT2D eigenvalue weighted by Crippen LogP contribution is -2.36. The highest BCUT2D eigenvalue weighted by Gasteiger charge is 2.19. The summed E-state index contributed by atoms with van der Waals surface area (Å²) in [4.78, 5) is 0.103. The highest BCUT2D eigenvalue weighted by atomic mass is 32.2. The van der Waals surface area contributed by atoms with Gasteiger partial charge in [0.1, 0.15) is 0 Å². The fourth-order valence-electron chi connectivity index (χ4n) is 1.47. The van der Waals surface area contributed by atoms with Gasteiger partial charge in [0.05, 0.1) is 23.1 Å². The Morgan fingerprint density at radius 2 is 2.17 bits per heavy atom. The molecule has 0 amide bonds. The molecule has 0 unspecified atom stereocenters. The lowest BCUT2D eigenvalue weighted by atomic mass is 10.1. The van der Waals surface area contributed by atoms with E-state index in [0.717, 1.165) is 0 Å². The zero-order valence-corrected chi connectivity index (χ0v) is 11.2. The minimum atomic E-state index is -3.65. The van der Waals surface area contributed by atoms with Crippen LogP contribution in [-0.4, -0.2) is 26.2 Å². The summed E-state index contributed by atoms with van der Waals surface area (Å²) in [5.41, 5.74) is 1.06. The number of nitriles is 1. The SMILES string of the molecule is CC[C@@H](CO)NS(=O)(=O)c1ccc(C#N)c(C)c1. The monoisotopic (exact) mass is 268 g/mol. The van der Waals surface area contributed by atoms with Crippen LogP contribution in [0, 0.1) is 18.3 Å². The third kappa shape index (κ3) is 3.29. The van der Waals surface area contributed by atoms with Crippen molar-refractivity contribution in [2.24, 2.45) is 0 Å². The maximum Gasteiger partial charge on any atom is 0.240 e. The third-order valence-corrected chi connectivity index (χ3v) is 4.18. The summed E-state index contributed by atoms with van der Waals surface area (Å²) in [6.07, 6.45) is 0.505. The van der Waals surface area contributed by atoms with Crippen LogP contribution in [0.15, 0.2) is 23.1 Å². The van der Waals surface area contributed by atoms with E-state index in [1.54, 1.807) is 13.8 Å². The van der Waals surface area contributed by atoms with Gasteiger partial charge in [-0.05, 0) is 37.1 Å². The molecule has 1 atom stereocenters. The molecule has 0 aliphatic carbocycles. The standard InChI is InChI=1S/C12H16N2O3S/c1-3-11(8-15)14-18(16,17)12-5-4-10(7-13)9(2)6-12/h4-6,11,14-15H,3,8H2,1-2H3/t11-/m0/s1. The fraction of sp³-hybridized carbons (Fsp3) is 0.417. The molecule has 18 heavy (non-hydrogen) atoms. The minimum absolute atomic E-state index is 0.103. The summed E-state index contributed by atoms with van der Waals surface area (Å²) in [7, 11) is -3.65. The predicted octanol–water partition coefficient (Wildman–Crippen LogP) is 0.916. The van der Waals surface area contributed by atoms with Crippen LogP contribution in [0.4, 0.5) is 0 Å². The van der Waals surface area contributed by atoms with E-state index in [4.69, 9.17) is 10.4 Å². The molecule has 0 saturated heterocycles. The largest absolute Gasteiger partial charge is 0.395 e. The topological polar surface area (TPSA) is 90.2 Å². The van der Waals surface area contributed by atoms with Crippen molar-refractivity contribution < 1.29 is 13.5 Å². The van der Waals surface area contributed by atoms with E-state index >= 15 is 0 Å². The van der Waals surface area contributed by atoms with Crippen molar-refractivity contribution in [2.75, 3.05) is 6.61 Å². The van der Waals surface area contributed by atoms with Crippen LogP contribution in [0.5, 0.6) is 0 Å². The number of hydrogen-bond acceptors (Lipinski definition) is 4. The number of nitrogens with one attached hydrogen (secondary N) is 1. The number of aliphatic hydroxyl groups excluding tert-OH is 1. The van der Waals surface area contributed by atoms with E-state index < -0.39 is 16.1 Å². The van der Waals surface area contributed by atoms with Crippen molar-refractivity contribution >= 4 is 10.0 Å². The first-order valence-electron chi connectivity index (χ1n) is 5.58. The number of hydrogen-bond donors (Lipinski definition) is 2. The van der Waals surface area contributed by atoms with Crippen LogP contribution < -0.4 is 4.72 Å². The van der Waals surface area contributed by atoms with Crippen LogP contribution in [-0.2, 0) is 10.0 Å². The first kappa shape index (κ1) is 14.6. The van der Waals surface area contributed by atoms with Gasteiger partial charge in [0.15, 0.2) is 0 Å². The van der Waals surface area contributed by atoms with Gasteiger partial charge in [-0.2, -0.15) is 5.26 Å². The van der Waals surface area contributed by atoms with Crippen LogP contribution in [0.3, 0.4) is 0 Å². The Kier molecular flexibility index (Phi) is 4.84. The molecule has 0 aromatic heterocycles. The number of aliphatic hydroxyl groups is 1. The van der Waals surface area contributed by atoms with Gasteiger partial charge in [0, 0.05) is 6.04 Å². The normalized spacial score (nSPS) is 13.0. The van der Waals surface area contributed by atoms with E-state index in [-0.39, 0.29) is 11.5 Å². The van der Waals surface area contributed by atoms with Crippen LogP contribution in [0.2, 0.25) is 0 Å². The van der Waals surface area contributed by atoms with E-state index in [1.165, 1.54) is 18.2 Å². The molecule has 98 valence electrons. The quantitative estimate of drug-likeness (QED) is 0.830. The van der Waals surface area contributed by atoms with Crippen molar-refractivity contribution in [2.45, 2.75) is 31.2 Å². The van der Waals surface area contributed by atoms with Gasteiger partial charge in [-0.3, -0.25) is 0 Å². The smallest absolute Gasteiger partial charge is 0.240 e. The van der Waals surface area contributed by atoms with Crippen molar-refractivity contribution in [3.63, 3.8) is 0 Å². The third-order valence-electron chi connectivity index (χ3n) is 2.66. The first-order chi connectivity index (χ1) is 8.44. The maximum atomic E-state index is 12.0. The Morgan fingerprint density at radius 1 is 1.50 bits per heavy atom. The highest BCUT2D eigenvalue weighted by molar-refractivity contribution is 7.89. The van der Waals surface area contributed by atoms with E-state index in [9.17, 15) is 8.42 Å². The van der Waals surface area contributed by atoms with Gasteiger partial charge < -0.3 is 5.11 Å². The second kappa shape index (κ2) is 5.96. The lowest BCUT2D eigenvalue weighted by molar-refractivity contribution is 0.254. The first-order valence-corrected chi connectivity index (χ1v) is 7.06. The second-order valence-electron chi connectivity index (χ2n) is 4.00. The van der Waals surface area contributed by atoms with Crippen LogP contribution in [0.25, 0.3) is 0 Å². The molecule has 2 N–H and O–H groups in total. The van der Waals surface area contributed by atoms with Crippen molar-refractivity contribution in [1.29, 1.82) is 5.26 Å². The molecule has 5 nitrogen and oxygen atoms in total. The van der Waals surface area contributed by atoms with E-state index in [0.29, 0.717) is 17.5 Å². The zero-order chi connectivity index (χ0) is 13.8. The number of aryl methyl sites for hydroxylation is 1. The van der Waals surface area contributed by atoms with Gasteiger partial charge >= 0.3 is 0 Å². The van der Waals surface area contributed by atoms with Crippen molar-refractivity contribution in [3.05, 3.63) is 29.3 Å². The average Bonchev–Trinajstić information content (AvgIpc) is 2.35. The second-order valence-corrected chi connectivity index (χ2v) is 5.71. The molecule has 0 radical (unpaired) electrons. The summed E-state index contributed by atoms with van der Waals surface area (Å²) in [6.45, 7) is 3.22. The van der Waals surface area contributed by atoms with E-state index in [2.05, 4.69) is 4.72 Å². The molecule has 0 fully saturated rings. The molecule has 0 aliphatic rings. The molecule has 0 saturated carbocycles. The van der Waals surface area contributed by atoms with Gasteiger partial charge in [-0.25, -0.2) is 13.1 Å². The molecule has 0 heterocycles. The summed E-state index contributed by atoms with van der Waals surface area (Å²) in [5, 5.41) is 17.8. The van der Waals surface area contributed by atoms with Gasteiger partial charge in [-0.15, -0.1) is 0 Å². The van der Waals surface area contributed by atoms with Gasteiger partial charge in [0.2, 0.25) is 10.0 Å². The predicted molar refractivity (Wildman–Crippen MR) is 67.4 cm³/mol. The number of sulfonamides is 1. The van der Waals surface area contributed by atoms with E-state index in [1.807, 2.05) is 6.07 Å². The van der Waals surface area contributed by atoms with Crippen LogP contribution >= 0.6 is 0 Å². The zero-order valence-electron chi connectivity index (χ0n) is 10.3. The summed E-state index contributed by atoms with van der Waals surface area (Å²) >= 11 is 0. The number of nitrogens with zero attached hydrogens (tertiary/aromatic N) is 1. The Morgan fingerprint density at radius 3 is 2.61 bits per heavy atom. The minimum Gasteiger partial charge on any atom is -0.395 e. The molecular weight excluding hydrogens is 252 g/mol. The summed E-state index contributed by atoms with van der Waals surface area (Å²) in [6, 6.07) is 5.80. The average molecular weight is 268 g/mol. The molecular formula is C12H16N2O3S. The summed E-state index contributed by atoms with van der Waals surface area (Å²) in [5.74, 6) is 0. The molecule has 1 aromatic carbocycles. The Balaban J connectivity index is 3.06. The number of rotatable bonds is 5. The molecule has 0 spiro atoms. The summed E-state index contributed by atoms with van der Waals surface area (Å²) < 4.78 is 26.4. The molecule has 1 aromatic rings.